The summed E-state index contributed by atoms with van der Waals surface area (Å²) in [5, 5.41) is 9.24. The molecule has 0 spiro atoms. The van der Waals surface area contributed by atoms with E-state index in [0.717, 1.165) is 0 Å². The van der Waals surface area contributed by atoms with Gasteiger partial charge >= 0.3 is 6.03 Å². The molecule has 1 aromatic carbocycles. The number of rotatable bonds is 3. The molecule has 3 rings (SSSR count). The van der Waals surface area contributed by atoms with Crippen LogP contribution in [0.15, 0.2) is 42.9 Å². The third-order valence-corrected chi connectivity index (χ3v) is 3.29. The molecule has 0 atom stereocenters. The van der Waals surface area contributed by atoms with Gasteiger partial charge in [-0.25, -0.2) is 18.7 Å². The van der Waals surface area contributed by atoms with Gasteiger partial charge in [0.15, 0.2) is 5.65 Å². The molecule has 0 aliphatic heterocycles. The van der Waals surface area contributed by atoms with E-state index >= 15 is 0 Å². The van der Waals surface area contributed by atoms with Crippen molar-refractivity contribution in [2.24, 2.45) is 0 Å². The predicted octanol–water partition coefficient (Wildman–Crippen LogP) is 2.84. The Hall–Kier alpha value is -2.67. The molecule has 0 radical (unpaired) electrons. The van der Waals surface area contributed by atoms with E-state index in [9.17, 15) is 9.18 Å². The number of anilines is 1. The number of halogens is 2. The minimum atomic E-state index is -0.540. The van der Waals surface area contributed by atoms with Crippen LogP contribution < -0.4 is 10.6 Å². The van der Waals surface area contributed by atoms with E-state index in [1.54, 1.807) is 30.6 Å². The summed E-state index contributed by atoms with van der Waals surface area (Å²) in [7, 11) is 0. The number of carbonyl (C=O) groups excluding carboxylic acids is 1. The summed E-state index contributed by atoms with van der Waals surface area (Å²) in [6, 6.07) is 5.87. The molecule has 2 amide bonds. The van der Waals surface area contributed by atoms with Crippen molar-refractivity contribution in [3.05, 3.63) is 59.3 Å². The van der Waals surface area contributed by atoms with Gasteiger partial charge in [0.2, 0.25) is 0 Å². The molecule has 0 aliphatic carbocycles. The van der Waals surface area contributed by atoms with Gasteiger partial charge in [-0.3, -0.25) is 0 Å². The fraction of sp³-hybridized carbons (Fsp3) is 0.0714. The molecule has 2 aromatic heterocycles. The molecule has 2 N–H and O–H groups in total. The molecule has 0 fully saturated rings. The zero-order chi connectivity index (χ0) is 15.5. The number of nitrogens with zero attached hydrogens (tertiary/aromatic N) is 3. The summed E-state index contributed by atoms with van der Waals surface area (Å²) in [4.78, 5) is 16.0. The Morgan fingerprint density at radius 1 is 1.36 bits per heavy atom. The SMILES string of the molecule is O=C(NCc1cccc(Cl)c1F)Nc1cnn2cccnc12. The third kappa shape index (κ3) is 2.84. The Bertz CT molecular complexity index is 835. The highest BCUT2D eigenvalue weighted by molar-refractivity contribution is 6.30. The highest BCUT2D eigenvalue weighted by Crippen LogP contribution is 2.17. The zero-order valence-electron chi connectivity index (χ0n) is 11.3. The van der Waals surface area contributed by atoms with Gasteiger partial charge in [0.05, 0.1) is 11.2 Å². The van der Waals surface area contributed by atoms with Crippen molar-refractivity contribution in [2.75, 3.05) is 5.32 Å². The Labute approximate surface area is 129 Å². The summed E-state index contributed by atoms with van der Waals surface area (Å²) >= 11 is 5.69. The summed E-state index contributed by atoms with van der Waals surface area (Å²) in [6.07, 6.45) is 4.80. The molecule has 0 saturated heterocycles. The van der Waals surface area contributed by atoms with Crippen molar-refractivity contribution in [1.29, 1.82) is 0 Å². The molecule has 22 heavy (non-hydrogen) atoms. The van der Waals surface area contributed by atoms with E-state index in [2.05, 4.69) is 20.7 Å². The van der Waals surface area contributed by atoms with Crippen LogP contribution in [-0.2, 0) is 6.54 Å². The van der Waals surface area contributed by atoms with Crippen molar-refractivity contribution < 1.29 is 9.18 Å². The van der Waals surface area contributed by atoms with Gasteiger partial charge in [0.1, 0.15) is 11.5 Å². The number of amides is 2. The summed E-state index contributed by atoms with van der Waals surface area (Å²) < 4.78 is 15.2. The van der Waals surface area contributed by atoms with E-state index in [1.807, 2.05) is 0 Å². The molecule has 0 aliphatic rings. The van der Waals surface area contributed by atoms with Gasteiger partial charge < -0.3 is 10.6 Å². The maximum Gasteiger partial charge on any atom is 0.319 e. The van der Waals surface area contributed by atoms with Crippen molar-refractivity contribution in [2.45, 2.75) is 6.54 Å². The molecule has 8 heteroatoms. The normalized spacial score (nSPS) is 10.6. The maximum atomic E-state index is 13.7. The Morgan fingerprint density at radius 3 is 3.09 bits per heavy atom. The third-order valence-electron chi connectivity index (χ3n) is 3.00. The predicted molar refractivity (Wildman–Crippen MR) is 80.3 cm³/mol. The minimum absolute atomic E-state index is 0.0187. The molecule has 6 nitrogen and oxygen atoms in total. The Balaban J connectivity index is 1.67. The monoisotopic (exact) mass is 319 g/mol. The number of hydrogen-bond donors (Lipinski definition) is 2. The molecular formula is C14H11ClFN5O. The van der Waals surface area contributed by atoms with Crippen LogP contribution in [0, 0.1) is 5.82 Å². The average molecular weight is 320 g/mol. The van der Waals surface area contributed by atoms with Crippen molar-refractivity contribution in [1.82, 2.24) is 19.9 Å². The Kier molecular flexibility index (Phi) is 3.88. The first-order valence-corrected chi connectivity index (χ1v) is 6.79. The number of carbonyl (C=O) groups is 1. The minimum Gasteiger partial charge on any atom is -0.334 e. The summed E-state index contributed by atoms with van der Waals surface area (Å²) in [5.74, 6) is -0.540. The van der Waals surface area contributed by atoms with Crippen molar-refractivity contribution in [3.63, 3.8) is 0 Å². The molecule has 0 saturated carbocycles. The lowest BCUT2D eigenvalue weighted by molar-refractivity contribution is 0.251. The van der Waals surface area contributed by atoms with Crippen molar-refractivity contribution in [3.8, 4) is 0 Å². The van der Waals surface area contributed by atoms with E-state index in [-0.39, 0.29) is 11.6 Å². The molecule has 3 aromatic rings. The second kappa shape index (κ2) is 5.98. The lowest BCUT2D eigenvalue weighted by Crippen LogP contribution is -2.28. The van der Waals surface area contributed by atoms with E-state index in [0.29, 0.717) is 16.9 Å². The Morgan fingerprint density at radius 2 is 2.23 bits per heavy atom. The quantitative estimate of drug-likeness (QED) is 0.779. The first-order chi connectivity index (χ1) is 10.6. The molecule has 0 bridgehead atoms. The van der Waals surface area contributed by atoms with Gasteiger partial charge in [-0.15, -0.1) is 0 Å². The van der Waals surface area contributed by atoms with Crippen LogP contribution in [0.4, 0.5) is 14.9 Å². The lowest BCUT2D eigenvalue weighted by atomic mass is 10.2. The van der Waals surface area contributed by atoms with Gasteiger partial charge in [-0.2, -0.15) is 5.10 Å². The number of benzene rings is 1. The number of hydrogen-bond acceptors (Lipinski definition) is 3. The number of nitrogens with one attached hydrogen (secondary N) is 2. The number of fused-ring (bicyclic) bond motifs is 1. The van der Waals surface area contributed by atoms with Crippen molar-refractivity contribution >= 4 is 29.0 Å². The van der Waals surface area contributed by atoms with Crippen LogP contribution in [0.5, 0.6) is 0 Å². The zero-order valence-corrected chi connectivity index (χ0v) is 12.0. The maximum absolute atomic E-state index is 13.7. The highest BCUT2D eigenvalue weighted by Gasteiger charge is 2.10. The van der Waals surface area contributed by atoms with Gasteiger partial charge in [0, 0.05) is 24.5 Å². The fourth-order valence-corrected chi connectivity index (χ4v) is 2.14. The van der Waals surface area contributed by atoms with Crippen LogP contribution in [0.25, 0.3) is 5.65 Å². The molecule has 0 unspecified atom stereocenters. The van der Waals surface area contributed by atoms with E-state index < -0.39 is 11.8 Å². The second-order valence-corrected chi connectivity index (χ2v) is 4.87. The molecule has 112 valence electrons. The molecular weight excluding hydrogens is 309 g/mol. The van der Waals surface area contributed by atoms with Gasteiger partial charge in [-0.1, -0.05) is 23.7 Å². The second-order valence-electron chi connectivity index (χ2n) is 4.47. The number of aromatic nitrogens is 3. The first kappa shape index (κ1) is 14.3. The van der Waals surface area contributed by atoms with Crippen LogP contribution in [0.3, 0.4) is 0 Å². The van der Waals surface area contributed by atoms with Crippen LogP contribution in [-0.4, -0.2) is 20.6 Å². The average Bonchev–Trinajstić information content (AvgIpc) is 2.92. The largest absolute Gasteiger partial charge is 0.334 e. The van der Waals surface area contributed by atoms with Crippen LogP contribution >= 0.6 is 11.6 Å². The highest BCUT2D eigenvalue weighted by atomic mass is 35.5. The fourth-order valence-electron chi connectivity index (χ4n) is 1.94. The van der Waals surface area contributed by atoms with E-state index in [1.165, 1.54) is 16.8 Å². The standard InChI is InChI=1S/C14H11ClFN5O/c15-10-4-1-3-9(12(10)16)7-18-14(22)20-11-8-19-21-6-2-5-17-13(11)21/h1-6,8H,7H2,(H2,18,20,22). The summed E-state index contributed by atoms with van der Waals surface area (Å²) in [5.41, 5.74) is 1.29. The van der Waals surface area contributed by atoms with Crippen LogP contribution in [0.1, 0.15) is 5.56 Å². The smallest absolute Gasteiger partial charge is 0.319 e. The van der Waals surface area contributed by atoms with Crippen LogP contribution in [0.2, 0.25) is 5.02 Å². The van der Waals surface area contributed by atoms with E-state index in [4.69, 9.17) is 11.6 Å². The van der Waals surface area contributed by atoms with Gasteiger partial charge in [0.25, 0.3) is 0 Å². The number of urea groups is 1. The first-order valence-electron chi connectivity index (χ1n) is 6.41. The molecule has 2 heterocycles. The van der Waals surface area contributed by atoms with Gasteiger partial charge in [-0.05, 0) is 12.1 Å². The topological polar surface area (TPSA) is 71.3 Å². The lowest BCUT2D eigenvalue weighted by Gasteiger charge is -2.07. The summed E-state index contributed by atoms with van der Waals surface area (Å²) in [6.45, 7) is 0.0187.